The molecule has 0 spiro atoms. The first-order valence-corrected chi connectivity index (χ1v) is 15.7. The van der Waals surface area contributed by atoms with Gasteiger partial charge in [0.1, 0.15) is 11.2 Å². The van der Waals surface area contributed by atoms with Gasteiger partial charge in [0.05, 0.1) is 5.69 Å². The van der Waals surface area contributed by atoms with Gasteiger partial charge in [-0.25, -0.2) is 0 Å². The Labute approximate surface area is 267 Å². The van der Waals surface area contributed by atoms with Crippen LogP contribution < -0.4 is 5.32 Å². The zero-order valence-corrected chi connectivity index (χ0v) is 25.1. The van der Waals surface area contributed by atoms with Gasteiger partial charge in [0, 0.05) is 28.1 Å². The van der Waals surface area contributed by atoms with Gasteiger partial charge in [-0.2, -0.15) is 0 Å². The Morgan fingerprint density at radius 2 is 0.826 bits per heavy atom. The van der Waals surface area contributed by atoms with E-state index in [9.17, 15) is 0 Å². The topological polar surface area (TPSA) is 25.2 Å². The third kappa shape index (κ3) is 4.35. The average molecular weight is 588 g/mol. The summed E-state index contributed by atoms with van der Waals surface area (Å²) in [5.41, 5.74) is 11.1. The quantitative estimate of drug-likeness (QED) is 0.203. The van der Waals surface area contributed by atoms with E-state index in [4.69, 9.17) is 4.42 Å². The highest BCUT2D eigenvalue weighted by Crippen LogP contribution is 2.44. The minimum absolute atomic E-state index is 0.872. The predicted molar refractivity (Wildman–Crippen MR) is 195 cm³/mol. The number of rotatable bonds is 5. The molecule has 0 aliphatic rings. The third-order valence-electron chi connectivity index (χ3n) is 9.05. The molecule has 0 aliphatic carbocycles. The van der Waals surface area contributed by atoms with Gasteiger partial charge in [0.2, 0.25) is 0 Å². The van der Waals surface area contributed by atoms with Crippen LogP contribution in [0.1, 0.15) is 0 Å². The van der Waals surface area contributed by atoms with Crippen LogP contribution in [0.4, 0.5) is 11.4 Å². The summed E-state index contributed by atoms with van der Waals surface area (Å²) in [5.74, 6) is 0. The van der Waals surface area contributed by atoms with Crippen LogP contribution in [0, 0.1) is 0 Å². The fourth-order valence-electron chi connectivity index (χ4n) is 6.96. The maximum atomic E-state index is 6.28. The Bertz CT molecular complexity index is 2470. The van der Waals surface area contributed by atoms with Crippen molar-refractivity contribution in [1.29, 1.82) is 0 Å². The van der Waals surface area contributed by atoms with Gasteiger partial charge in [0.25, 0.3) is 0 Å². The van der Waals surface area contributed by atoms with E-state index >= 15 is 0 Å². The largest absolute Gasteiger partial charge is 0.456 e. The minimum Gasteiger partial charge on any atom is -0.456 e. The molecule has 8 aromatic carbocycles. The molecule has 2 nitrogen and oxygen atoms in total. The first kappa shape index (κ1) is 26.3. The van der Waals surface area contributed by atoms with Gasteiger partial charge in [0.15, 0.2) is 0 Å². The molecule has 0 amide bonds. The Morgan fingerprint density at radius 1 is 0.348 bits per heavy atom. The molecule has 0 unspecified atom stereocenters. The van der Waals surface area contributed by atoms with Crippen molar-refractivity contribution in [2.45, 2.75) is 0 Å². The molecule has 0 saturated carbocycles. The van der Waals surface area contributed by atoms with Crippen LogP contribution in [0.2, 0.25) is 0 Å². The van der Waals surface area contributed by atoms with Crippen molar-refractivity contribution in [3.05, 3.63) is 170 Å². The lowest BCUT2D eigenvalue weighted by Crippen LogP contribution is -1.94. The molecule has 0 bridgehead atoms. The van der Waals surface area contributed by atoms with E-state index < -0.39 is 0 Å². The molecule has 46 heavy (non-hydrogen) atoms. The summed E-state index contributed by atoms with van der Waals surface area (Å²) in [7, 11) is 0. The lowest BCUT2D eigenvalue weighted by Gasteiger charge is -2.18. The zero-order chi connectivity index (χ0) is 30.5. The molecule has 1 aromatic heterocycles. The second kappa shape index (κ2) is 10.8. The summed E-state index contributed by atoms with van der Waals surface area (Å²) < 4.78 is 6.28. The fraction of sp³-hybridized carbons (Fsp3) is 0. The molecule has 216 valence electrons. The van der Waals surface area contributed by atoms with Crippen molar-refractivity contribution in [2.75, 3.05) is 5.32 Å². The molecule has 0 saturated heterocycles. The number of benzene rings is 8. The molecule has 0 aliphatic heterocycles. The Morgan fingerprint density at radius 3 is 1.43 bits per heavy atom. The van der Waals surface area contributed by atoms with Gasteiger partial charge in [-0.15, -0.1) is 0 Å². The first-order valence-electron chi connectivity index (χ1n) is 15.7. The van der Waals surface area contributed by atoms with Crippen LogP contribution in [0.15, 0.2) is 174 Å². The number of hydrogen-bond acceptors (Lipinski definition) is 2. The van der Waals surface area contributed by atoms with Gasteiger partial charge in [-0.1, -0.05) is 140 Å². The van der Waals surface area contributed by atoms with Crippen molar-refractivity contribution in [3.63, 3.8) is 0 Å². The van der Waals surface area contributed by atoms with Crippen molar-refractivity contribution in [1.82, 2.24) is 0 Å². The van der Waals surface area contributed by atoms with Crippen molar-refractivity contribution >= 4 is 54.9 Å². The van der Waals surface area contributed by atoms with Crippen molar-refractivity contribution in [3.8, 4) is 33.4 Å². The molecular formula is C44H29NO. The summed E-state index contributed by atoms with van der Waals surface area (Å²) in [4.78, 5) is 0. The second-order valence-electron chi connectivity index (χ2n) is 11.8. The predicted octanol–water partition coefficient (Wildman–Crippen LogP) is 12.6. The molecule has 9 aromatic rings. The normalized spacial score (nSPS) is 11.5. The maximum absolute atomic E-state index is 6.28. The van der Waals surface area contributed by atoms with E-state index in [-0.39, 0.29) is 0 Å². The molecule has 0 radical (unpaired) electrons. The van der Waals surface area contributed by atoms with Gasteiger partial charge in [-0.05, 0) is 73.6 Å². The van der Waals surface area contributed by atoms with E-state index in [1.165, 1.54) is 43.8 Å². The molecule has 1 heterocycles. The number of hydrogen-bond donors (Lipinski definition) is 1. The first-order chi connectivity index (χ1) is 22.8. The van der Waals surface area contributed by atoms with Crippen molar-refractivity contribution in [2.24, 2.45) is 0 Å². The highest BCUT2D eigenvalue weighted by atomic mass is 16.3. The molecule has 0 fully saturated rings. The van der Waals surface area contributed by atoms with Crippen molar-refractivity contribution < 1.29 is 4.42 Å². The van der Waals surface area contributed by atoms with E-state index in [0.29, 0.717) is 0 Å². The summed E-state index contributed by atoms with van der Waals surface area (Å²) >= 11 is 0. The SMILES string of the molecule is c1ccc(Nc2cc3oc4ccccc4c3cc2-c2ccc(-c3c4ccccc4c(-c4ccccc4)c4ccccc34)cc2)cc1. The van der Waals surface area contributed by atoms with Gasteiger partial charge in [-0.3, -0.25) is 0 Å². The number of para-hydroxylation sites is 2. The zero-order valence-electron chi connectivity index (χ0n) is 25.1. The van der Waals surface area contributed by atoms with Gasteiger partial charge >= 0.3 is 0 Å². The molecule has 1 N–H and O–H groups in total. The Hall–Kier alpha value is -6.12. The molecule has 9 rings (SSSR count). The third-order valence-corrected chi connectivity index (χ3v) is 9.05. The van der Waals surface area contributed by atoms with Crippen LogP contribution in [-0.2, 0) is 0 Å². The van der Waals surface area contributed by atoms with E-state index in [2.05, 4.69) is 145 Å². The lowest BCUT2D eigenvalue weighted by molar-refractivity contribution is 0.669. The van der Waals surface area contributed by atoms with Crippen LogP contribution in [0.5, 0.6) is 0 Å². The number of anilines is 2. The Balaban J connectivity index is 1.23. The van der Waals surface area contributed by atoms with Crippen LogP contribution in [0.3, 0.4) is 0 Å². The highest BCUT2D eigenvalue weighted by Gasteiger charge is 2.18. The fourth-order valence-corrected chi connectivity index (χ4v) is 6.96. The molecule has 0 atom stereocenters. The van der Waals surface area contributed by atoms with E-state index in [1.54, 1.807) is 0 Å². The van der Waals surface area contributed by atoms with E-state index in [1.807, 2.05) is 30.3 Å². The molecular weight excluding hydrogens is 558 g/mol. The van der Waals surface area contributed by atoms with Crippen LogP contribution in [-0.4, -0.2) is 0 Å². The number of furan rings is 1. The minimum atomic E-state index is 0.872. The number of nitrogens with one attached hydrogen (secondary N) is 1. The van der Waals surface area contributed by atoms with E-state index in [0.717, 1.165) is 44.4 Å². The Kier molecular flexibility index (Phi) is 6.17. The van der Waals surface area contributed by atoms with Crippen LogP contribution >= 0.6 is 0 Å². The monoisotopic (exact) mass is 587 g/mol. The summed E-state index contributed by atoms with van der Waals surface area (Å²) in [5, 5.41) is 10.9. The second-order valence-corrected chi connectivity index (χ2v) is 11.8. The summed E-state index contributed by atoms with van der Waals surface area (Å²) in [6.07, 6.45) is 0. The highest BCUT2D eigenvalue weighted by molar-refractivity contribution is 6.21. The summed E-state index contributed by atoms with van der Waals surface area (Å²) in [6.45, 7) is 0. The number of fused-ring (bicyclic) bond motifs is 5. The molecule has 2 heteroatoms. The maximum Gasteiger partial charge on any atom is 0.137 e. The standard InChI is InChI=1S/C44H29NO/c1-3-13-30(14-4-1)43-34-18-7-9-20-36(34)44(37-21-10-8-19-35(37)43)31-25-23-29(24-26-31)38-27-39-33-17-11-12-22-41(33)46-42(39)28-40(38)45-32-15-5-2-6-16-32/h1-28,45H. The lowest BCUT2D eigenvalue weighted by atomic mass is 9.85. The van der Waals surface area contributed by atoms with Crippen LogP contribution in [0.25, 0.3) is 76.9 Å². The van der Waals surface area contributed by atoms with Gasteiger partial charge < -0.3 is 9.73 Å². The summed E-state index contributed by atoms with van der Waals surface area (Å²) in [6, 6.07) is 60.4. The smallest absolute Gasteiger partial charge is 0.137 e. The average Bonchev–Trinajstić information content (AvgIpc) is 3.48.